The summed E-state index contributed by atoms with van der Waals surface area (Å²) in [6.07, 6.45) is 2.98. The number of rotatable bonds is 6. The molecule has 0 N–H and O–H groups in total. The van der Waals surface area contributed by atoms with Crippen LogP contribution in [-0.4, -0.2) is 50.4 Å². The highest BCUT2D eigenvalue weighted by molar-refractivity contribution is 7.91. The summed E-state index contributed by atoms with van der Waals surface area (Å²) in [4.78, 5) is 14.6. The second-order valence-electron chi connectivity index (χ2n) is 6.53. The number of para-hydroxylation sites is 1. The van der Waals surface area contributed by atoms with Crippen LogP contribution >= 0.6 is 0 Å². The van der Waals surface area contributed by atoms with E-state index >= 15 is 0 Å². The zero-order valence-corrected chi connectivity index (χ0v) is 14.7. The molecule has 130 valence electrons. The molecule has 0 spiro atoms. The average molecular weight is 349 g/mol. The second-order valence-corrected chi connectivity index (χ2v) is 8.76. The van der Waals surface area contributed by atoms with Gasteiger partial charge in [0.15, 0.2) is 9.84 Å². The van der Waals surface area contributed by atoms with Crippen LogP contribution in [0.15, 0.2) is 36.9 Å². The molecule has 1 saturated heterocycles. The summed E-state index contributed by atoms with van der Waals surface area (Å²) in [5.41, 5.74) is 1.05. The molecule has 6 heteroatoms. The van der Waals surface area contributed by atoms with Gasteiger partial charge in [-0.05, 0) is 30.4 Å². The molecule has 1 heterocycles. The Morgan fingerprint density at radius 3 is 2.79 bits per heavy atom. The zero-order chi connectivity index (χ0) is 17.3. The average Bonchev–Trinajstić information content (AvgIpc) is 3.29. The number of carbonyl (C=O) groups is 1. The number of benzene rings is 1. The number of sulfone groups is 1. The molecule has 3 atom stereocenters. The van der Waals surface area contributed by atoms with E-state index in [1.807, 2.05) is 24.3 Å². The lowest BCUT2D eigenvalue weighted by Crippen LogP contribution is -2.42. The third-order valence-electron chi connectivity index (χ3n) is 4.90. The Morgan fingerprint density at radius 1 is 1.42 bits per heavy atom. The van der Waals surface area contributed by atoms with Gasteiger partial charge in [0.1, 0.15) is 5.75 Å². The summed E-state index contributed by atoms with van der Waals surface area (Å²) in [5.74, 6) is 1.13. The molecule has 1 aliphatic carbocycles. The predicted molar refractivity (Wildman–Crippen MR) is 92.8 cm³/mol. The second kappa shape index (κ2) is 6.59. The van der Waals surface area contributed by atoms with Gasteiger partial charge in [0.2, 0.25) is 5.91 Å². The Morgan fingerprint density at radius 2 is 2.17 bits per heavy atom. The van der Waals surface area contributed by atoms with E-state index in [0.29, 0.717) is 13.0 Å². The minimum absolute atomic E-state index is 0.0351. The lowest BCUT2D eigenvalue weighted by atomic mass is 10.1. The normalized spacial score (nSPS) is 27.5. The maximum absolute atomic E-state index is 12.9. The van der Waals surface area contributed by atoms with E-state index in [1.54, 1.807) is 18.1 Å². The Bertz CT molecular complexity index is 743. The minimum atomic E-state index is -3.02. The molecule has 24 heavy (non-hydrogen) atoms. The Labute approximate surface area is 143 Å². The van der Waals surface area contributed by atoms with Gasteiger partial charge >= 0.3 is 0 Å². The maximum atomic E-state index is 12.9. The number of hydrogen-bond acceptors (Lipinski definition) is 4. The first-order valence-electron chi connectivity index (χ1n) is 8.21. The van der Waals surface area contributed by atoms with Crippen molar-refractivity contribution < 1.29 is 17.9 Å². The highest BCUT2D eigenvalue weighted by Gasteiger charge is 2.48. The lowest BCUT2D eigenvalue weighted by Gasteiger charge is -2.27. The van der Waals surface area contributed by atoms with E-state index in [0.717, 1.165) is 17.7 Å². The third-order valence-corrected chi connectivity index (χ3v) is 6.65. The molecule has 1 aromatic carbocycles. The molecule has 2 fully saturated rings. The summed E-state index contributed by atoms with van der Waals surface area (Å²) < 4.78 is 28.9. The van der Waals surface area contributed by atoms with Gasteiger partial charge in [0.25, 0.3) is 0 Å². The number of amides is 1. The van der Waals surface area contributed by atoms with E-state index in [2.05, 4.69) is 6.58 Å². The van der Waals surface area contributed by atoms with Gasteiger partial charge in [0, 0.05) is 18.5 Å². The topological polar surface area (TPSA) is 63.7 Å². The Kier molecular flexibility index (Phi) is 4.67. The standard InChI is InChI=1S/C18H23NO4S/c1-3-9-19(13-8-10-24(21,22)12-13)18(20)16-11-15(16)14-6-4-5-7-17(14)23-2/h3-7,13,15-16H,1,8-12H2,2H3/t13-,15-,16+/m0/s1. The predicted octanol–water partition coefficient (Wildman–Crippen LogP) is 2.00. The molecule has 0 aromatic heterocycles. The molecule has 1 aromatic rings. The van der Waals surface area contributed by atoms with Crippen molar-refractivity contribution in [2.24, 2.45) is 5.92 Å². The highest BCUT2D eigenvalue weighted by atomic mass is 32.2. The fourth-order valence-electron chi connectivity index (χ4n) is 3.58. The van der Waals surface area contributed by atoms with Crippen molar-refractivity contribution in [1.29, 1.82) is 0 Å². The van der Waals surface area contributed by atoms with Crippen LogP contribution < -0.4 is 4.74 Å². The number of hydrogen-bond donors (Lipinski definition) is 0. The number of ether oxygens (including phenoxy) is 1. The van der Waals surface area contributed by atoms with Crippen molar-refractivity contribution >= 4 is 15.7 Å². The fraction of sp³-hybridized carbons (Fsp3) is 0.500. The van der Waals surface area contributed by atoms with Crippen LogP contribution in [0.4, 0.5) is 0 Å². The van der Waals surface area contributed by atoms with Crippen molar-refractivity contribution in [3.8, 4) is 5.75 Å². The van der Waals surface area contributed by atoms with Crippen LogP contribution in [-0.2, 0) is 14.6 Å². The molecule has 2 aliphatic rings. The van der Waals surface area contributed by atoms with Crippen molar-refractivity contribution in [1.82, 2.24) is 4.90 Å². The van der Waals surface area contributed by atoms with Crippen LogP contribution in [0.3, 0.4) is 0 Å². The summed E-state index contributed by atoms with van der Waals surface area (Å²) >= 11 is 0. The van der Waals surface area contributed by atoms with Gasteiger partial charge in [-0.25, -0.2) is 8.42 Å². The van der Waals surface area contributed by atoms with Crippen molar-refractivity contribution in [2.75, 3.05) is 25.2 Å². The van der Waals surface area contributed by atoms with Gasteiger partial charge in [-0.2, -0.15) is 0 Å². The Balaban J connectivity index is 1.74. The summed E-state index contributed by atoms with van der Waals surface area (Å²) in [7, 11) is -1.39. The van der Waals surface area contributed by atoms with E-state index in [4.69, 9.17) is 4.74 Å². The van der Waals surface area contributed by atoms with Crippen molar-refractivity contribution in [3.05, 3.63) is 42.5 Å². The van der Waals surface area contributed by atoms with E-state index < -0.39 is 9.84 Å². The number of carbonyl (C=O) groups excluding carboxylic acids is 1. The highest BCUT2D eigenvalue weighted by Crippen LogP contribution is 2.51. The van der Waals surface area contributed by atoms with E-state index in [-0.39, 0.29) is 35.3 Å². The number of nitrogens with zero attached hydrogens (tertiary/aromatic N) is 1. The quantitative estimate of drug-likeness (QED) is 0.737. The van der Waals surface area contributed by atoms with Gasteiger partial charge in [-0.1, -0.05) is 24.3 Å². The maximum Gasteiger partial charge on any atom is 0.226 e. The van der Waals surface area contributed by atoms with Crippen molar-refractivity contribution in [3.63, 3.8) is 0 Å². The summed E-state index contributed by atoms with van der Waals surface area (Å²) in [6.45, 7) is 4.11. The molecule has 1 aliphatic heterocycles. The molecule has 3 rings (SSSR count). The molecule has 1 saturated carbocycles. The lowest BCUT2D eigenvalue weighted by molar-refractivity contribution is -0.133. The SMILES string of the molecule is C=CCN(C(=O)[C@@H]1C[C@H]1c1ccccc1OC)[C@H]1CCS(=O)(=O)C1. The molecular formula is C18H23NO4S. The smallest absolute Gasteiger partial charge is 0.226 e. The van der Waals surface area contributed by atoms with Gasteiger partial charge < -0.3 is 9.64 Å². The van der Waals surface area contributed by atoms with Crippen LogP contribution in [0.25, 0.3) is 0 Å². The van der Waals surface area contributed by atoms with E-state index in [9.17, 15) is 13.2 Å². The third kappa shape index (κ3) is 3.34. The largest absolute Gasteiger partial charge is 0.496 e. The number of methoxy groups -OCH3 is 1. The molecular weight excluding hydrogens is 326 g/mol. The zero-order valence-electron chi connectivity index (χ0n) is 13.8. The first kappa shape index (κ1) is 17.0. The van der Waals surface area contributed by atoms with Crippen molar-refractivity contribution in [2.45, 2.75) is 24.8 Å². The van der Waals surface area contributed by atoms with Gasteiger partial charge in [0.05, 0.1) is 18.6 Å². The summed E-state index contributed by atoms with van der Waals surface area (Å²) in [5, 5.41) is 0. The minimum Gasteiger partial charge on any atom is -0.496 e. The molecule has 1 amide bonds. The fourth-order valence-corrected chi connectivity index (χ4v) is 5.31. The molecule has 0 unspecified atom stereocenters. The van der Waals surface area contributed by atoms with Crippen LogP contribution in [0.1, 0.15) is 24.3 Å². The van der Waals surface area contributed by atoms with Gasteiger partial charge in [-0.15, -0.1) is 6.58 Å². The van der Waals surface area contributed by atoms with Gasteiger partial charge in [-0.3, -0.25) is 4.79 Å². The molecule has 0 radical (unpaired) electrons. The first-order chi connectivity index (χ1) is 11.5. The van der Waals surface area contributed by atoms with Crippen LogP contribution in [0.2, 0.25) is 0 Å². The Hall–Kier alpha value is -1.82. The van der Waals surface area contributed by atoms with Crippen LogP contribution in [0.5, 0.6) is 5.75 Å². The van der Waals surface area contributed by atoms with Crippen LogP contribution in [0, 0.1) is 5.92 Å². The summed E-state index contributed by atoms with van der Waals surface area (Å²) in [6, 6.07) is 7.53. The molecule has 0 bridgehead atoms. The first-order valence-corrected chi connectivity index (χ1v) is 10.0. The molecule has 5 nitrogen and oxygen atoms in total. The van der Waals surface area contributed by atoms with E-state index in [1.165, 1.54) is 0 Å². The monoisotopic (exact) mass is 349 g/mol.